The molecule has 0 saturated carbocycles. The van der Waals surface area contributed by atoms with E-state index in [0.717, 1.165) is 23.4 Å². The van der Waals surface area contributed by atoms with Crippen LogP contribution in [0.1, 0.15) is 36.6 Å². The van der Waals surface area contributed by atoms with Crippen LogP contribution >= 0.6 is 0 Å². The van der Waals surface area contributed by atoms with Crippen molar-refractivity contribution in [1.29, 1.82) is 0 Å². The first-order chi connectivity index (χ1) is 13.4. The van der Waals surface area contributed by atoms with Crippen LogP contribution in [0.5, 0.6) is 0 Å². The molecule has 0 bridgehead atoms. The summed E-state index contributed by atoms with van der Waals surface area (Å²) in [7, 11) is 0. The second kappa shape index (κ2) is 7.26. The molecule has 146 valence electrons. The van der Waals surface area contributed by atoms with Crippen molar-refractivity contribution >= 4 is 22.7 Å². The van der Waals surface area contributed by atoms with Gasteiger partial charge in [0.1, 0.15) is 11.3 Å². The average Bonchev–Trinajstić information content (AvgIpc) is 3.20. The molecule has 28 heavy (non-hydrogen) atoms. The van der Waals surface area contributed by atoms with E-state index in [4.69, 9.17) is 0 Å². The lowest BCUT2D eigenvalue weighted by Crippen LogP contribution is -2.11. The highest BCUT2D eigenvalue weighted by atomic mass is 19.3. The minimum atomic E-state index is -2.46. The summed E-state index contributed by atoms with van der Waals surface area (Å²) >= 11 is 0. The molecule has 4 rings (SSSR count). The first-order valence-electron chi connectivity index (χ1n) is 9.35. The second-order valence-corrected chi connectivity index (χ2v) is 7.35. The van der Waals surface area contributed by atoms with Gasteiger partial charge in [-0.1, -0.05) is 19.9 Å². The van der Waals surface area contributed by atoms with Crippen LogP contribution in [-0.2, 0) is 13.0 Å². The number of anilines is 1. The number of halogens is 2. The predicted octanol–water partition coefficient (Wildman–Crippen LogP) is 3.85. The van der Waals surface area contributed by atoms with Gasteiger partial charge in [-0.05, 0) is 25.0 Å². The van der Waals surface area contributed by atoms with Crippen molar-refractivity contribution in [2.75, 3.05) is 11.9 Å². The molecule has 1 aliphatic carbocycles. The molecule has 0 spiro atoms. The molecule has 3 heterocycles. The average molecular weight is 384 g/mol. The second-order valence-electron chi connectivity index (χ2n) is 7.35. The SMILES string of the molecule is Cc1nc2ccc(C3=CCc4nc(NCC(C)C)ncc43)nc2n1CC(F)F. The van der Waals surface area contributed by atoms with Crippen molar-refractivity contribution in [2.45, 2.75) is 40.2 Å². The minimum absolute atomic E-state index is 0.414. The standard InChI is InChI=1S/C20H22F2N6/c1-11(2)8-23-20-24-9-14-13(4-5-16(14)27-20)15-6-7-17-19(26-15)28(10-18(21)22)12(3)25-17/h4,6-7,9,11,18H,5,8,10H2,1-3H3,(H,23,24,27). The Hall–Kier alpha value is -2.90. The van der Waals surface area contributed by atoms with Crippen LogP contribution in [0.4, 0.5) is 14.7 Å². The van der Waals surface area contributed by atoms with Crippen molar-refractivity contribution in [2.24, 2.45) is 5.92 Å². The van der Waals surface area contributed by atoms with Gasteiger partial charge in [-0.25, -0.2) is 28.7 Å². The fraction of sp³-hybridized carbons (Fsp3) is 0.400. The number of hydrogen-bond acceptors (Lipinski definition) is 5. The van der Waals surface area contributed by atoms with Crippen LogP contribution in [0.15, 0.2) is 24.4 Å². The molecule has 8 heteroatoms. The summed E-state index contributed by atoms with van der Waals surface area (Å²) in [6.07, 6.45) is 2.09. The molecule has 0 amide bonds. The Kier molecular flexibility index (Phi) is 4.78. The molecule has 3 aromatic heterocycles. The number of nitrogens with one attached hydrogen (secondary N) is 1. The summed E-state index contributed by atoms with van der Waals surface area (Å²) in [5.74, 6) is 1.66. The molecule has 1 N–H and O–H groups in total. The number of imidazole rings is 1. The minimum Gasteiger partial charge on any atom is -0.354 e. The first kappa shape index (κ1) is 18.5. The molecule has 3 aromatic rings. The third-order valence-electron chi connectivity index (χ3n) is 4.71. The van der Waals surface area contributed by atoms with Crippen LogP contribution in [-0.4, -0.2) is 37.5 Å². The largest absolute Gasteiger partial charge is 0.354 e. The molecule has 6 nitrogen and oxygen atoms in total. The van der Waals surface area contributed by atoms with Crippen molar-refractivity contribution in [3.05, 3.63) is 47.2 Å². The first-order valence-corrected chi connectivity index (χ1v) is 9.35. The third kappa shape index (κ3) is 3.46. The highest BCUT2D eigenvalue weighted by Gasteiger charge is 2.21. The zero-order chi connectivity index (χ0) is 19.8. The van der Waals surface area contributed by atoms with E-state index in [1.165, 1.54) is 4.57 Å². The van der Waals surface area contributed by atoms with E-state index in [1.807, 2.05) is 12.1 Å². The van der Waals surface area contributed by atoms with E-state index in [2.05, 4.69) is 45.2 Å². The highest BCUT2D eigenvalue weighted by Crippen LogP contribution is 2.32. The fourth-order valence-corrected chi connectivity index (χ4v) is 3.35. The number of nitrogens with zero attached hydrogens (tertiary/aromatic N) is 5. The summed E-state index contributed by atoms with van der Waals surface area (Å²) in [5, 5.41) is 3.24. The van der Waals surface area contributed by atoms with Crippen LogP contribution in [0.3, 0.4) is 0 Å². The Balaban J connectivity index is 1.67. The van der Waals surface area contributed by atoms with Crippen molar-refractivity contribution in [3.63, 3.8) is 0 Å². The van der Waals surface area contributed by atoms with E-state index >= 15 is 0 Å². The molecule has 1 aliphatic rings. The summed E-state index contributed by atoms with van der Waals surface area (Å²) in [6.45, 7) is 6.37. The van der Waals surface area contributed by atoms with Gasteiger partial charge in [0.2, 0.25) is 5.95 Å². The lowest BCUT2D eigenvalue weighted by molar-refractivity contribution is 0.127. The summed E-state index contributed by atoms with van der Waals surface area (Å²) in [5.41, 5.74) is 4.60. The quantitative estimate of drug-likeness (QED) is 0.699. The van der Waals surface area contributed by atoms with Gasteiger partial charge in [-0.15, -0.1) is 0 Å². The normalized spacial score (nSPS) is 13.5. The van der Waals surface area contributed by atoms with Crippen molar-refractivity contribution in [1.82, 2.24) is 24.5 Å². The van der Waals surface area contributed by atoms with E-state index in [9.17, 15) is 8.78 Å². The molecular formula is C20H22F2N6. The molecule has 0 aromatic carbocycles. The van der Waals surface area contributed by atoms with E-state index in [0.29, 0.717) is 41.0 Å². The number of pyridine rings is 1. The molecule has 0 saturated heterocycles. The number of alkyl halides is 2. The van der Waals surface area contributed by atoms with Gasteiger partial charge in [0.15, 0.2) is 5.65 Å². The monoisotopic (exact) mass is 384 g/mol. The molecule has 0 fully saturated rings. The van der Waals surface area contributed by atoms with E-state index in [1.54, 1.807) is 13.1 Å². The van der Waals surface area contributed by atoms with E-state index in [-0.39, 0.29) is 0 Å². The molecule has 0 radical (unpaired) electrons. The number of aryl methyl sites for hydroxylation is 1. The van der Waals surface area contributed by atoms with Gasteiger partial charge < -0.3 is 9.88 Å². The Morgan fingerprint density at radius 2 is 2.00 bits per heavy atom. The predicted molar refractivity (Wildman–Crippen MR) is 104 cm³/mol. The van der Waals surface area contributed by atoms with Gasteiger partial charge >= 0.3 is 0 Å². The number of allylic oxidation sites excluding steroid dienone is 1. The molecular weight excluding hydrogens is 362 g/mol. The Labute approximate surface area is 161 Å². The summed E-state index contributed by atoms with van der Waals surface area (Å²) in [6, 6.07) is 3.69. The van der Waals surface area contributed by atoms with Crippen LogP contribution in [0.25, 0.3) is 16.7 Å². The fourth-order valence-electron chi connectivity index (χ4n) is 3.35. The third-order valence-corrected chi connectivity index (χ3v) is 4.71. The Bertz CT molecular complexity index is 1050. The lowest BCUT2D eigenvalue weighted by atomic mass is 10.1. The zero-order valence-electron chi connectivity index (χ0n) is 16.1. The lowest BCUT2D eigenvalue weighted by Gasteiger charge is -2.10. The van der Waals surface area contributed by atoms with Crippen molar-refractivity contribution in [3.8, 4) is 0 Å². The van der Waals surface area contributed by atoms with Crippen molar-refractivity contribution < 1.29 is 8.78 Å². The zero-order valence-corrected chi connectivity index (χ0v) is 16.1. The summed E-state index contributed by atoms with van der Waals surface area (Å²) < 4.78 is 27.4. The highest BCUT2D eigenvalue weighted by molar-refractivity contribution is 5.85. The van der Waals surface area contributed by atoms with Crippen LogP contribution < -0.4 is 5.32 Å². The van der Waals surface area contributed by atoms with Gasteiger partial charge in [0.25, 0.3) is 6.43 Å². The van der Waals surface area contributed by atoms with E-state index < -0.39 is 13.0 Å². The molecule has 0 aliphatic heterocycles. The van der Waals surface area contributed by atoms with Crippen LogP contribution in [0, 0.1) is 12.8 Å². The number of hydrogen-bond donors (Lipinski definition) is 1. The maximum absolute atomic E-state index is 12.9. The smallest absolute Gasteiger partial charge is 0.256 e. The van der Waals surface area contributed by atoms with Gasteiger partial charge in [-0.2, -0.15) is 0 Å². The molecule has 0 unspecified atom stereocenters. The Morgan fingerprint density at radius 3 is 2.75 bits per heavy atom. The Morgan fingerprint density at radius 1 is 1.18 bits per heavy atom. The van der Waals surface area contributed by atoms with Gasteiger partial charge in [0, 0.05) is 30.3 Å². The number of fused-ring (bicyclic) bond motifs is 2. The number of aromatic nitrogens is 5. The van der Waals surface area contributed by atoms with Gasteiger partial charge in [-0.3, -0.25) is 0 Å². The van der Waals surface area contributed by atoms with Crippen LogP contribution in [0.2, 0.25) is 0 Å². The van der Waals surface area contributed by atoms with Gasteiger partial charge in [0.05, 0.1) is 17.9 Å². The maximum atomic E-state index is 12.9. The number of rotatable bonds is 6. The summed E-state index contributed by atoms with van der Waals surface area (Å²) in [4.78, 5) is 18.0. The topological polar surface area (TPSA) is 68.5 Å². The molecule has 0 atom stereocenters. The maximum Gasteiger partial charge on any atom is 0.256 e.